The SMILES string of the molecule is [2H]C([2H])(C[C@@H]1CCCN1C)O[C@@](c1ccccc1)(c1ccc(Cl)cc1)C([2H])([2H])[2H]. The van der Waals surface area contributed by atoms with Crippen molar-refractivity contribution in [3.8, 4) is 0 Å². The summed E-state index contributed by atoms with van der Waals surface area (Å²) in [6, 6.07) is 15.0. The van der Waals surface area contributed by atoms with Gasteiger partial charge in [0.25, 0.3) is 0 Å². The highest BCUT2D eigenvalue weighted by Crippen LogP contribution is 2.34. The molecule has 24 heavy (non-hydrogen) atoms. The van der Waals surface area contributed by atoms with Crippen molar-refractivity contribution in [3.63, 3.8) is 0 Å². The third-order valence-electron chi connectivity index (χ3n) is 4.65. The summed E-state index contributed by atoms with van der Waals surface area (Å²) < 4.78 is 48.3. The van der Waals surface area contributed by atoms with E-state index in [-0.39, 0.29) is 12.5 Å². The summed E-state index contributed by atoms with van der Waals surface area (Å²) >= 11 is 6.02. The summed E-state index contributed by atoms with van der Waals surface area (Å²) in [6.45, 7) is -3.90. The Kier molecular flexibility index (Phi) is 3.87. The van der Waals surface area contributed by atoms with Gasteiger partial charge < -0.3 is 9.64 Å². The third kappa shape index (κ3) is 3.83. The Bertz CT molecular complexity index is 812. The molecule has 1 heterocycles. The van der Waals surface area contributed by atoms with Crippen LogP contribution >= 0.6 is 11.6 Å². The topological polar surface area (TPSA) is 12.5 Å². The maximum Gasteiger partial charge on any atom is 0.115 e. The zero-order valence-electron chi connectivity index (χ0n) is 18.8. The molecule has 1 aliphatic heterocycles. The molecule has 1 aliphatic rings. The molecular weight excluding hydrogens is 318 g/mol. The molecule has 0 aromatic heterocycles. The maximum atomic E-state index is 8.60. The lowest BCUT2D eigenvalue weighted by molar-refractivity contribution is -0.0117. The Labute approximate surface area is 157 Å². The van der Waals surface area contributed by atoms with Crippen LogP contribution in [0.2, 0.25) is 5.02 Å². The molecule has 3 heteroatoms. The van der Waals surface area contributed by atoms with Crippen LogP contribution in [0, 0.1) is 0 Å². The number of hydrogen-bond acceptors (Lipinski definition) is 2. The number of likely N-dealkylation sites (tertiary alicyclic amines) is 1. The summed E-state index contributed by atoms with van der Waals surface area (Å²) in [7, 11) is 1.96. The molecule has 0 radical (unpaired) electrons. The van der Waals surface area contributed by atoms with Gasteiger partial charge in [0.05, 0.1) is 2.74 Å². The molecule has 128 valence electrons. The summed E-state index contributed by atoms with van der Waals surface area (Å²) in [6.07, 6.45) is 1.96. The van der Waals surface area contributed by atoms with E-state index in [2.05, 4.69) is 4.90 Å². The predicted molar refractivity (Wildman–Crippen MR) is 101 cm³/mol. The van der Waals surface area contributed by atoms with Gasteiger partial charge in [0.2, 0.25) is 0 Å². The van der Waals surface area contributed by atoms with Crippen molar-refractivity contribution in [3.05, 3.63) is 70.7 Å². The second-order valence-corrected chi connectivity index (χ2v) is 6.72. The Morgan fingerprint density at radius 3 is 2.54 bits per heavy atom. The fourth-order valence-corrected chi connectivity index (χ4v) is 3.25. The molecule has 2 atom stereocenters. The molecule has 1 saturated heterocycles. The van der Waals surface area contributed by atoms with Crippen molar-refractivity contribution in [1.82, 2.24) is 4.90 Å². The van der Waals surface area contributed by atoms with Gasteiger partial charge in [0.1, 0.15) is 5.60 Å². The van der Waals surface area contributed by atoms with Crippen LogP contribution in [0.25, 0.3) is 0 Å². The number of rotatable bonds is 6. The fourth-order valence-electron chi connectivity index (χ4n) is 3.13. The van der Waals surface area contributed by atoms with Crippen molar-refractivity contribution in [1.29, 1.82) is 0 Å². The van der Waals surface area contributed by atoms with Crippen LogP contribution in [0.3, 0.4) is 0 Å². The molecule has 0 aliphatic carbocycles. The van der Waals surface area contributed by atoms with Crippen LogP contribution in [0.5, 0.6) is 0 Å². The second-order valence-electron chi connectivity index (χ2n) is 6.28. The average Bonchev–Trinajstić information content (AvgIpc) is 3.04. The minimum absolute atomic E-state index is 0.0142. The Morgan fingerprint density at radius 1 is 1.21 bits per heavy atom. The highest BCUT2D eigenvalue weighted by molar-refractivity contribution is 6.30. The molecule has 3 rings (SSSR count). The van der Waals surface area contributed by atoms with E-state index in [1.165, 1.54) is 0 Å². The van der Waals surface area contributed by atoms with Crippen molar-refractivity contribution in [2.75, 3.05) is 20.2 Å². The normalized spacial score (nSPS) is 25.1. The van der Waals surface area contributed by atoms with Gasteiger partial charge in [-0.3, -0.25) is 0 Å². The lowest BCUT2D eigenvalue weighted by Gasteiger charge is -2.32. The van der Waals surface area contributed by atoms with Gasteiger partial charge in [-0.1, -0.05) is 54.1 Å². The molecule has 0 bridgehead atoms. The van der Waals surface area contributed by atoms with E-state index in [1.807, 2.05) is 7.05 Å². The molecule has 0 amide bonds. The van der Waals surface area contributed by atoms with Gasteiger partial charge >= 0.3 is 0 Å². The summed E-state index contributed by atoms with van der Waals surface area (Å²) in [5.41, 5.74) is -1.23. The quantitative estimate of drug-likeness (QED) is 0.719. The van der Waals surface area contributed by atoms with E-state index in [9.17, 15) is 0 Å². The van der Waals surface area contributed by atoms with Gasteiger partial charge in [-0.15, -0.1) is 0 Å². The van der Waals surface area contributed by atoms with Gasteiger partial charge in [-0.05, 0) is 63.0 Å². The first kappa shape index (κ1) is 12.1. The highest BCUT2D eigenvalue weighted by Gasteiger charge is 2.30. The van der Waals surface area contributed by atoms with E-state index < -0.39 is 19.0 Å². The van der Waals surface area contributed by atoms with Crippen LogP contribution in [-0.2, 0) is 10.3 Å². The monoisotopic (exact) mass is 348 g/mol. The zero-order valence-corrected chi connectivity index (χ0v) is 14.6. The van der Waals surface area contributed by atoms with E-state index in [4.69, 9.17) is 23.2 Å². The Hall–Kier alpha value is -1.35. The van der Waals surface area contributed by atoms with Gasteiger partial charge in [0, 0.05) is 21.7 Å². The number of ether oxygens (including phenoxy) is 1. The Morgan fingerprint density at radius 2 is 1.92 bits per heavy atom. The number of halogens is 1. The number of nitrogens with zero attached hydrogens (tertiary/aromatic N) is 1. The van der Waals surface area contributed by atoms with Crippen LogP contribution in [0.15, 0.2) is 54.6 Å². The molecule has 2 aromatic rings. The van der Waals surface area contributed by atoms with Gasteiger partial charge in [0.15, 0.2) is 0 Å². The van der Waals surface area contributed by atoms with Crippen LogP contribution in [-0.4, -0.2) is 31.1 Å². The van der Waals surface area contributed by atoms with E-state index in [0.29, 0.717) is 16.1 Å². The molecule has 1 fully saturated rings. The second kappa shape index (κ2) is 7.69. The minimum Gasteiger partial charge on any atom is -0.366 e. The minimum atomic E-state index is -2.66. The number of hydrogen-bond donors (Lipinski definition) is 0. The Balaban J connectivity index is 2.10. The molecule has 2 aromatic carbocycles. The van der Waals surface area contributed by atoms with Crippen LogP contribution in [0.1, 0.15) is 44.1 Å². The van der Waals surface area contributed by atoms with Crippen LogP contribution < -0.4 is 0 Å². The van der Waals surface area contributed by atoms with Gasteiger partial charge in [-0.2, -0.15) is 0 Å². The number of benzene rings is 2. The molecule has 0 N–H and O–H groups in total. The zero-order chi connectivity index (χ0) is 21.3. The van der Waals surface area contributed by atoms with E-state index in [0.717, 1.165) is 19.4 Å². The third-order valence-corrected chi connectivity index (χ3v) is 4.90. The molecular formula is C21H26ClNO. The fraction of sp³-hybridized carbons (Fsp3) is 0.429. The van der Waals surface area contributed by atoms with Gasteiger partial charge in [-0.25, -0.2) is 0 Å². The molecule has 0 saturated carbocycles. The van der Waals surface area contributed by atoms with Crippen molar-refractivity contribution in [2.24, 2.45) is 0 Å². The standard InChI is InChI=1S/C21H26ClNO/c1-21(17-7-4-3-5-8-17,18-10-12-19(22)13-11-18)24-16-14-20-9-6-15-23(20)2/h3-5,7-8,10-13,20H,6,9,14-16H2,1-2H3/t20-,21-/m0/s1/i1D3,16D2. The molecule has 2 nitrogen and oxygen atoms in total. The first-order valence-electron chi connectivity index (χ1n) is 10.8. The lowest BCUT2D eigenvalue weighted by atomic mass is 9.88. The first-order chi connectivity index (χ1) is 13.6. The summed E-state index contributed by atoms with van der Waals surface area (Å²) in [5, 5.41) is 0.469. The van der Waals surface area contributed by atoms with Crippen LogP contribution in [0.4, 0.5) is 0 Å². The lowest BCUT2D eigenvalue weighted by Crippen LogP contribution is -2.31. The highest BCUT2D eigenvalue weighted by atomic mass is 35.5. The van der Waals surface area contributed by atoms with Crippen molar-refractivity contribution in [2.45, 2.75) is 37.8 Å². The average molecular weight is 349 g/mol. The first-order valence-corrected chi connectivity index (χ1v) is 8.65. The summed E-state index contributed by atoms with van der Waals surface area (Å²) in [5.74, 6) is 0. The van der Waals surface area contributed by atoms with Crippen molar-refractivity contribution >= 4 is 11.6 Å². The van der Waals surface area contributed by atoms with E-state index in [1.54, 1.807) is 54.6 Å². The van der Waals surface area contributed by atoms with E-state index >= 15 is 0 Å². The molecule has 0 unspecified atom stereocenters. The largest absolute Gasteiger partial charge is 0.366 e. The maximum absolute atomic E-state index is 8.60. The molecule has 0 spiro atoms. The van der Waals surface area contributed by atoms with Crippen molar-refractivity contribution < 1.29 is 11.6 Å². The summed E-state index contributed by atoms with van der Waals surface area (Å²) in [4.78, 5) is 2.10. The smallest absolute Gasteiger partial charge is 0.115 e. The predicted octanol–water partition coefficient (Wildman–Crippen LogP) is 5.10.